The van der Waals surface area contributed by atoms with E-state index in [0.717, 1.165) is 11.0 Å². The van der Waals surface area contributed by atoms with Crippen LogP contribution in [-0.4, -0.2) is 23.9 Å². The Labute approximate surface area is 109 Å². The molecule has 0 unspecified atom stereocenters. The van der Waals surface area contributed by atoms with Crippen LogP contribution in [0.1, 0.15) is 19.4 Å². The van der Waals surface area contributed by atoms with E-state index in [1.807, 2.05) is 0 Å². The van der Waals surface area contributed by atoms with Gasteiger partial charge in [-0.25, -0.2) is 8.78 Å². The first-order chi connectivity index (χ1) is 8.74. The van der Waals surface area contributed by atoms with E-state index >= 15 is 0 Å². The maximum atomic E-state index is 14.0. The number of aryl methyl sites for hydroxylation is 1. The van der Waals surface area contributed by atoms with E-state index in [0.29, 0.717) is 0 Å². The summed E-state index contributed by atoms with van der Waals surface area (Å²) in [4.78, 5) is 24.6. The van der Waals surface area contributed by atoms with Gasteiger partial charge in [-0.05, 0) is 32.4 Å². The molecule has 0 aromatic heterocycles. The number of amides is 2. The van der Waals surface area contributed by atoms with E-state index < -0.39 is 34.7 Å². The highest BCUT2D eigenvalue weighted by atomic mass is 19.1. The molecule has 1 aliphatic rings. The molecule has 1 N–H and O–H groups in total. The zero-order chi connectivity index (χ0) is 14.4. The molecule has 19 heavy (non-hydrogen) atoms. The number of nitrogens with one attached hydrogen (secondary N) is 1. The number of anilines is 1. The minimum absolute atomic E-state index is 0.216. The molecule has 1 aromatic carbocycles. The van der Waals surface area contributed by atoms with Gasteiger partial charge in [0.25, 0.3) is 5.91 Å². The first-order valence-corrected chi connectivity index (χ1v) is 5.81. The summed E-state index contributed by atoms with van der Waals surface area (Å²) in [6.07, 6.45) is 0. The molecule has 1 saturated heterocycles. The van der Waals surface area contributed by atoms with Crippen LogP contribution >= 0.6 is 0 Å². The molecule has 0 bridgehead atoms. The number of hydrogen-bond donors (Lipinski definition) is 1. The summed E-state index contributed by atoms with van der Waals surface area (Å²) in [7, 11) is 0. The van der Waals surface area contributed by atoms with E-state index in [9.17, 15) is 18.4 Å². The lowest BCUT2D eigenvalue weighted by Gasteiger charge is -2.37. The van der Waals surface area contributed by atoms with Crippen molar-refractivity contribution in [3.63, 3.8) is 0 Å². The van der Waals surface area contributed by atoms with Crippen LogP contribution in [0.3, 0.4) is 0 Å². The van der Waals surface area contributed by atoms with E-state index in [4.69, 9.17) is 0 Å². The van der Waals surface area contributed by atoms with Crippen LogP contribution in [0.15, 0.2) is 12.1 Å². The Bertz CT molecular complexity index is 570. The minimum atomic E-state index is -1.18. The van der Waals surface area contributed by atoms with Crippen LogP contribution in [0.4, 0.5) is 14.5 Å². The van der Waals surface area contributed by atoms with Crippen LogP contribution in [-0.2, 0) is 9.59 Å². The highest BCUT2D eigenvalue weighted by Crippen LogP contribution is 2.29. The molecule has 2 amide bonds. The van der Waals surface area contributed by atoms with Gasteiger partial charge in [0.15, 0.2) is 5.82 Å². The van der Waals surface area contributed by atoms with Crippen LogP contribution in [0, 0.1) is 18.6 Å². The summed E-state index contributed by atoms with van der Waals surface area (Å²) < 4.78 is 27.8. The van der Waals surface area contributed by atoms with Crippen molar-refractivity contribution >= 4 is 17.5 Å². The second kappa shape index (κ2) is 4.29. The van der Waals surface area contributed by atoms with Crippen molar-refractivity contribution in [3.8, 4) is 0 Å². The second-order valence-corrected chi connectivity index (χ2v) is 5.09. The lowest BCUT2D eigenvalue weighted by atomic mass is 9.99. The van der Waals surface area contributed by atoms with Gasteiger partial charge in [0.05, 0.1) is 0 Å². The molecule has 4 nitrogen and oxygen atoms in total. The van der Waals surface area contributed by atoms with Crippen molar-refractivity contribution in [1.29, 1.82) is 0 Å². The fourth-order valence-electron chi connectivity index (χ4n) is 2.06. The molecule has 0 saturated carbocycles. The normalized spacial score (nSPS) is 18.5. The van der Waals surface area contributed by atoms with Crippen LogP contribution in [0.25, 0.3) is 0 Å². The number of carbonyl (C=O) groups is 2. The number of halogens is 2. The second-order valence-electron chi connectivity index (χ2n) is 5.09. The molecule has 0 radical (unpaired) electrons. The molecule has 1 fully saturated rings. The highest BCUT2D eigenvalue weighted by Gasteiger charge is 2.41. The van der Waals surface area contributed by atoms with Gasteiger partial charge in [0, 0.05) is 0 Å². The Morgan fingerprint density at radius 3 is 2.53 bits per heavy atom. The summed E-state index contributed by atoms with van der Waals surface area (Å²) in [6.45, 7) is 4.06. The van der Waals surface area contributed by atoms with Crippen LogP contribution < -0.4 is 10.2 Å². The molecule has 6 heteroatoms. The number of benzene rings is 1. The summed E-state index contributed by atoms with van der Waals surface area (Å²) in [5, 5.41) is 2.48. The molecular weight excluding hydrogens is 254 g/mol. The highest BCUT2D eigenvalue weighted by molar-refractivity contribution is 6.08. The Morgan fingerprint density at radius 1 is 1.26 bits per heavy atom. The number of piperazine rings is 1. The predicted molar refractivity (Wildman–Crippen MR) is 65.7 cm³/mol. The summed E-state index contributed by atoms with van der Waals surface area (Å²) in [5.41, 5.74) is -1.43. The first kappa shape index (κ1) is 13.5. The minimum Gasteiger partial charge on any atom is -0.341 e. The van der Waals surface area contributed by atoms with Gasteiger partial charge in [-0.1, -0.05) is 6.07 Å². The third-order valence-corrected chi connectivity index (χ3v) is 3.06. The van der Waals surface area contributed by atoms with Gasteiger partial charge in [-0.2, -0.15) is 0 Å². The van der Waals surface area contributed by atoms with Crippen LogP contribution in [0.2, 0.25) is 0 Å². The van der Waals surface area contributed by atoms with E-state index in [1.165, 1.54) is 26.8 Å². The monoisotopic (exact) mass is 268 g/mol. The maximum absolute atomic E-state index is 14.0. The lowest BCUT2D eigenvalue weighted by Crippen LogP contribution is -2.64. The maximum Gasteiger partial charge on any atom is 0.252 e. The molecular formula is C13H14F2N2O2. The Hall–Kier alpha value is -1.98. The molecule has 1 heterocycles. The summed E-state index contributed by atoms with van der Waals surface area (Å²) in [5.74, 6) is -2.68. The number of hydrogen-bond acceptors (Lipinski definition) is 2. The van der Waals surface area contributed by atoms with E-state index in [1.54, 1.807) is 0 Å². The van der Waals surface area contributed by atoms with Crippen molar-refractivity contribution < 1.29 is 18.4 Å². The van der Waals surface area contributed by atoms with Gasteiger partial charge in [0.2, 0.25) is 5.91 Å². The average molecular weight is 268 g/mol. The summed E-state index contributed by atoms with van der Waals surface area (Å²) >= 11 is 0. The smallest absolute Gasteiger partial charge is 0.252 e. The predicted octanol–water partition coefficient (Wildman–Crippen LogP) is 1.51. The SMILES string of the molecule is Cc1ccc(F)c(N2CC(=O)NC(C)(C)C2=O)c1F. The van der Waals surface area contributed by atoms with Crippen LogP contribution in [0.5, 0.6) is 0 Å². The van der Waals surface area contributed by atoms with Crippen molar-refractivity contribution in [2.24, 2.45) is 0 Å². The quantitative estimate of drug-likeness (QED) is 0.839. The first-order valence-electron chi connectivity index (χ1n) is 5.81. The number of carbonyl (C=O) groups excluding carboxylic acids is 2. The lowest BCUT2D eigenvalue weighted by molar-refractivity contribution is -0.134. The van der Waals surface area contributed by atoms with Gasteiger partial charge in [0.1, 0.15) is 23.6 Å². The van der Waals surface area contributed by atoms with Gasteiger partial charge >= 0.3 is 0 Å². The third-order valence-electron chi connectivity index (χ3n) is 3.06. The molecule has 2 rings (SSSR count). The molecule has 1 aromatic rings. The Morgan fingerprint density at radius 2 is 1.89 bits per heavy atom. The Kier molecular flexibility index (Phi) is 3.04. The number of rotatable bonds is 1. The van der Waals surface area contributed by atoms with E-state index in [-0.39, 0.29) is 12.1 Å². The zero-order valence-corrected chi connectivity index (χ0v) is 10.9. The zero-order valence-electron chi connectivity index (χ0n) is 10.9. The van der Waals surface area contributed by atoms with E-state index in [2.05, 4.69) is 5.32 Å². The largest absolute Gasteiger partial charge is 0.341 e. The molecule has 0 aliphatic carbocycles. The van der Waals surface area contributed by atoms with Gasteiger partial charge in [-0.3, -0.25) is 14.5 Å². The average Bonchev–Trinajstić information content (AvgIpc) is 2.30. The fraction of sp³-hybridized carbons (Fsp3) is 0.385. The molecule has 1 aliphatic heterocycles. The van der Waals surface area contributed by atoms with Gasteiger partial charge < -0.3 is 5.32 Å². The standard InChI is InChI=1S/C13H14F2N2O2/c1-7-4-5-8(14)11(10(7)15)17-6-9(18)16-13(2,3)12(17)19/h4-5H,6H2,1-3H3,(H,16,18). The molecule has 0 spiro atoms. The number of nitrogens with zero attached hydrogens (tertiary/aromatic N) is 1. The third kappa shape index (κ3) is 2.18. The van der Waals surface area contributed by atoms with Crippen molar-refractivity contribution in [2.45, 2.75) is 26.3 Å². The molecule has 0 atom stereocenters. The topological polar surface area (TPSA) is 49.4 Å². The van der Waals surface area contributed by atoms with Crippen molar-refractivity contribution in [1.82, 2.24) is 5.32 Å². The van der Waals surface area contributed by atoms with Gasteiger partial charge in [-0.15, -0.1) is 0 Å². The molecule has 102 valence electrons. The van der Waals surface area contributed by atoms with Crippen molar-refractivity contribution in [2.75, 3.05) is 11.4 Å². The van der Waals surface area contributed by atoms with Crippen molar-refractivity contribution in [3.05, 3.63) is 29.3 Å². The fourth-order valence-corrected chi connectivity index (χ4v) is 2.06. The Balaban J connectivity index is 2.55. The summed E-state index contributed by atoms with van der Waals surface area (Å²) in [6, 6.07) is 2.37.